The van der Waals surface area contributed by atoms with Crippen LogP contribution in [-0.2, 0) is 32.3 Å². The Morgan fingerprint density at radius 2 is 1.73 bits per heavy atom. The molecule has 1 unspecified atom stereocenters. The quantitative estimate of drug-likeness (QED) is 0.447. The molecule has 3 rings (SSSR count). The minimum absolute atomic E-state index is 0.00561. The summed E-state index contributed by atoms with van der Waals surface area (Å²) in [5, 5.41) is 6.05. The molecule has 10 nitrogen and oxygen atoms in total. The monoisotopic (exact) mass is 552 g/mol. The molecule has 0 saturated heterocycles. The second-order valence-electron chi connectivity index (χ2n) is 10.6. The fourth-order valence-electron chi connectivity index (χ4n) is 3.85. The molecule has 37 heavy (non-hydrogen) atoms. The zero-order chi connectivity index (χ0) is 27.5. The van der Waals surface area contributed by atoms with E-state index in [1.54, 1.807) is 60.6 Å². The van der Waals surface area contributed by atoms with Crippen LogP contribution in [0.2, 0.25) is 0 Å². The van der Waals surface area contributed by atoms with Gasteiger partial charge in [-0.25, -0.2) is 27.7 Å². The lowest BCUT2D eigenvalue weighted by atomic mass is 9.98. The van der Waals surface area contributed by atoms with E-state index in [0.29, 0.717) is 29.8 Å². The summed E-state index contributed by atoms with van der Waals surface area (Å²) in [5.41, 5.74) is 0.896. The third kappa shape index (κ3) is 8.14. The van der Waals surface area contributed by atoms with Crippen LogP contribution in [0.4, 0.5) is 15.3 Å². The average Bonchev–Trinajstić information content (AvgIpc) is 3.14. The summed E-state index contributed by atoms with van der Waals surface area (Å²) in [6.45, 7) is 12.3. The molecule has 0 spiro atoms. The molecular formula is C25H36N4O6S2. The minimum Gasteiger partial charge on any atom is -0.447 e. The predicted molar refractivity (Wildman–Crippen MR) is 143 cm³/mol. The minimum atomic E-state index is -3.97. The van der Waals surface area contributed by atoms with Crippen molar-refractivity contribution in [3.8, 4) is 10.6 Å². The second kappa shape index (κ2) is 11.4. The normalized spacial score (nSPS) is 15.9. The first-order chi connectivity index (χ1) is 17.1. The van der Waals surface area contributed by atoms with Crippen molar-refractivity contribution in [2.45, 2.75) is 96.4 Å². The van der Waals surface area contributed by atoms with Crippen molar-refractivity contribution >= 4 is 39.2 Å². The van der Waals surface area contributed by atoms with Gasteiger partial charge >= 0.3 is 12.2 Å². The van der Waals surface area contributed by atoms with Crippen LogP contribution in [0.5, 0.6) is 0 Å². The number of anilines is 1. The molecule has 1 heterocycles. The van der Waals surface area contributed by atoms with Gasteiger partial charge in [-0.05, 0) is 79.5 Å². The van der Waals surface area contributed by atoms with Gasteiger partial charge in [0.15, 0.2) is 0 Å². The first-order valence-electron chi connectivity index (χ1n) is 12.2. The van der Waals surface area contributed by atoms with Crippen LogP contribution in [0.1, 0.15) is 65.5 Å². The maximum atomic E-state index is 13.4. The molecule has 0 bridgehead atoms. The maximum absolute atomic E-state index is 13.4. The number of carbonyl (C=O) groups excluding carboxylic acids is 2. The van der Waals surface area contributed by atoms with Crippen LogP contribution in [0.15, 0.2) is 23.1 Å². The number of sulfonamides is 1. The highest BCUT2D eigenvalue weighted by molar-refractivity contribution is 7.89. The van der Waals surface area contributed by atoms with Crippen molar-refractivity contribution in [3.05, 3.63) is 28.8 Å². The van der Waals surface area contributed by atoms with Gasteiger partial charge in [0.1, 0.15) is 5.01 Å². The lowest BCUT2D eigenvalue weighted by Gasteiger charge is -2.22. The first-order valence-corrected chi connectivity index (χ1v) is 14.5. The number of amides is 2. The predicted octanol–water partition coefficient (Wildman–Crippen LogP) is 4.84. The number of benzene rings is 1. The van der Waals surface area contributed by atoms with Gasteiger partial charge in [-0.15, -0.1) is 11.3 Å². The van der Waals surface area contributed by atoms with E-state index in [1.165, 1.54) is 17.4 Å². The van der Waals surface area contributed by atoms with Gasteiger partial charge in [-0.2, -0.15) is 0 Å². The number of ether oxygens (including phenoxy) is 2. The van der Waals surface area contributed by atoms with Gasteiger partial charge in [-0.3, -0.25) is 5.32 Å². The van der Waals surface area contributed by atoms with Crippen molar-refractivity contribution in [3.63, 3.8) is 0 Å². The summed E-state index contributed by atoms with van der Waals surface area (Å²) in [6, 6.07) is 4.59. The summed E-state index contributed by atoms with van der Waals surface area (Å²) < 4.78 is 39.8. The highest BCUT2D eigenvalue weighted by Crippen LogP contribution is 2.37. The number of thiazole rings is 1. The van der Waals surface area contributed by atoms with Crippen LogP contribution in [0.3, 0.4) is 0 Å². The van der Waals surface area contributed by atoms with Crippen LogP contribution < -0.4 is 15.4 Å². The molecule has 2 amide bonds. The van der Waals surface area contributed by atoms with Crippen molar-refractivity contribution < 1.29 is 27.5 Å². The molecule has 2 aromatic rings. The Hall–Kier alpha value is -2.70. The molecule has 0 saturated carbocycles. The fraction of sp³-hybridized carbons (Fsp3) is 0.560. The van der Waals surface area contributed by atoms with Crippen molar-refractivity contribution in [1.82, 2.24) is 15.0 Å². The van der Waals surface area contributed by atoms with E-state index in [9.17, 15) is 18.0 Å². The number of alkyl carbamates (subject to hydrolysis) is 1. The molecule has 204 valence electrons. The summed E-state index contributed by atoms with van der Waals surface area (Å²) in [4.78, 5) is 29.9. The smallest absolute Gasteiger partial charge is 0.411 e. The van der Waals surface area contributed by atoms with Gasteiger partial charge in [0, 0.05) is 34.1 Å². The van der Waals surface area contributed by atoms with Crippen molar-refractivity contribution in [2.75, 3.05) is 5.32 Å². The topological polar surface area (TPSA) is 136 Å². The fourth-order valence-corrected chi connectivity index (χ4v) is 6.79. The van der Waals surface area contributed by atoms with Crippen LogP contribution in [-0.4, -0.2) is 49.4 Å². The molecule has 1 aliphatic rings. The number of nitrogens with zero attached hydrogens (tertiary/aromatic N) is 1. The first kappa shape index (κ1) is 28.9. The maximum Gasteiger partial charge on any atom is 0.411 e. The standard InChI is InChI=1S/C25H36N4O6S2/c1-14(2)34-23(30)26-16-9-11-19-20(12-16)36-22(28-19)18-10-8-17(27-24(31)35-15(3)4)13-21(18)37(32,33)29-25(5,6)7/h8,10,13-16,29H,9,11-12H2,1-7H3,(H,26,30)(H,27,31). The summed E-state index contributed by atoms with van der Waals surface area (Å²) in [5.74, 6) is 0. The zero-order valence-corrected chi connectivity index (χ0v) is 23.9. The third-order valence-corrected chi connectivity index (χ3v) is 8.09. The van der Waals surface area contributed by atoms with Crippen LogP contribution >= 0.6 is 11.3 Å². The molecule has 0 fully saturated rings. The Labute approximate surface area is 222 Å². The Kier molecular flexibility index (Phi) is 8.86. The van der Waals surface area contributed by atoms with E-state index < -0.39 is 27.7 Å². The number of aryl methyl sites for hydroxylation is 1. The molecular weight excluding hydrogens is 516 g/mol. The lowest BCUT2D eigenvalue weighted by Crippen LogP contribution is -2.40. The van der Waals surface area contributed by atoms with Gasteiger partial charge in [0.25, 0.3) is 0 Å². The van der Waals surface area contributed by atoms with E-state index in [0.717, 1.165) is 10.6 Å². The van der Waals surface area contributed by atoms with Crippen LogP contribution in [0, 0.1) is 0 Å². The largest absolute Gasteiger partial charge is 0.447 e. The number of nitrogens with one attached hydrogen (secondary N) is 3. The van der Waals surface area contributed by atoms with Gasteiger partial charge < -0.3 is 14.8 Å². The molecule has 1 atom stereocenters. The van der Waals surface area contributed by atoms with Crippen LogP contribution in [0.25, 0.3) is 10.6 Å². The Morgan fingerprint density at radius 1 is 1.08 bits per heavy atom. The number of aromatic nitrogens is 1. The third-order valence-electron chi connectivity index (χ3n) is 5.14. The van der Waals surface area contributed by atoms with E-state index in [2.05, 4.69) is 15.4 Å². The highest BCUT2D eigenvalue weighted by Gasteiger charge is 2.29. The molecule has 0 aliphatic heterocycles. The molecule has 1 aromatic heterocycles. The van der Waals surface area contributed by atoms with Gasteiger partial charge in [0.05, 0.1) is 22.8 Å². The molecule has 1 aliphatic carbocycles. The lowest BCUT2D eigenvalue weighted by molar-refractivity contribution is 0.111. The van der Waals surface area contributed by atoms with E-state index in [1.807, 2.05) is 0 Å². The van der Waals surface area contributed by atoms with Crippen molar-refractivity contribution in [2.24, 2.45) is 0 Å². The number of fused-ring (bicyclic) bond motifs is 1. The summed E-state index contributed by atoms with van der Waals surface area (Å²) in [6.07, 6.45) is 0.298. The van der Waals surface area contributed by atoms with Gasteiger partial charge in [0.2, 0.25) is 10.0 Å². The average molecular weight is 553 g/mol. The Balaban J connectivity index is 1.94. The Bertz CT molecular complexity index is 1250. The number of hydrogen-bond acceptors (Lipinski definition) is 8. The Morgan fingerprint density at radius 3 is 2.35 bits per heavy atom. The highest BCUT2D eigenvalue weighted by atomic mass is 32.2. The molecule has 1 aromatic carbocycles. The van der Waals surface area contributed by atoms with Gasteiger partial charge in [-0.1, -0.05) is 0 Å². The number of carbonyl (C=O) groups is 2. The van der Waals surface area contributed by atoms with E-state index in [4.69, 9.17) is 14.5 Å². The summed E-state index contributed by atoms with van der Waals surface area (Å²) in [7, 11) is -3.97. The SMILES string of the molecule is CC(C)OC(=O)Nc1ccc(-c2nc3c(s2)CC(NC(=O)OC(C)C)CC3)c(S(=O)(=O)NC(C)(C)C)c1. The summed E-state index contributed by atoms with van der Waals surface area (Å²) >= 11 is 1.40. The second-order valence-corrected chi connectivity index (χ2v) is 13.3. The molecule has 0 radical (unpaired) electrons. The molecule has 12 heteroatoms. The van der Waals surface area contributed by atoms with Crippen molar-refractivity contribution in [1.29, 1.82) is 0 Å². The number of rotatable bonds is 7. The van der Waals surface area contributed by atoms with E-state index >= 15 is 0 Å². The molecule has 3 N–H and O–H groups in total. The van der Waals surface area contributed by atoms with E-state index in [-0.39, 0.29) is 28.8 Å². The zero-order valence-electron chi connectivity index (χ0n) is 22.3. The number of hydrogen-bond donors (Lipinski definition) is 3.